The van der Waals surface area contributed by atoms with Crippen LogP contribution in [0.1, 0.15) is 101 Å². The number of benzene rings is 3. The van der Waals surface area contributed by atoms with Crippen LogP contribution in [-0.4, -0.2) is 68.9 Å². The van der Waals surface area contributed by atoms with Gasteiger partial charge < -0.3 is 15.0 Å². The summed E-state index contributed by atoms with van der Waals surface area (Å²) in [5.74, 6) is 0.437. The summed E-state index contributed by atoms with van der Waals surface area (Å²) in [6.07, 6.45) is 6.18. The maximum absolute atomic E-state index is 13.1. The molecule has 274 valence electrons. The van der Waals surface area contributed by atoms with Gasteiger partial charge in [0, 0.05) is 42.8 Å². The molecule has 4 aliphatic rings. The second-order valence-electron chi connectivity index (χ2n) is 15.0. The minimum absolute atomic E-state index is 0.0898. The van der Waals surface area contributed by atoms with Crippen molar-refractivity contribution in [2.75, 3.05) is 18.4 Å². The summed E-state index contributed by atoms with van der Waals surface area (Å²) in [4.78, 5) is 54.1. The molecule has 3 atom stereocenters. The number of amides is 4. The molecule has 1 aromatic heterocycles. The zero-order chi connectivity index (χ0) is 36.3. The third kappa shape index (κ3) is 8.11. The van der Waals surface area contributed by atoms with Gasteiger partial charge in [0.1, 0.15) is 6.04 Å². The van der Waals surface area contributed by atoms with Crippen LogP contribution < -0.4 is 10.6 Å². The van der Waals surface area contributed by atoms with Crippen molar-refractivity contribution in [3.63, 3.8) is 0 Å². The Hall–Kier alpha value is -5.13. The van der Waals surface area contributed by atoms with Crippen molar-refractivity contribution < 1.29 is 23.9 Å². The lowest BCUT2D eigenvalue weighted by Crippen LogP contribution is -2.52. The van der Waals surface area contributed by atoms with Gasteiger partial charge in [0.2, 0.25) is 17.7 Å². The van der Waals surface area contributed by atoms with E-state index in [1.165, 1.54) is 16.7 Å². The van der Waals surface area contributed by atoms with Crippen LogP contribution in [0.3, 0.4) is 0 Å². The molecular formula is C42H46N6O5. The topological polar surface area (TPSA) is 137 Å². The van der Waals surface area contributed by atoms with Crippen LogP contribution in [0.15, 0.2) is 78.9 Å². The average Bonchev–Trinajstić information content (AvgIpc) is 3.91. The maximum atomic E-state index is 13.1. The first-order valence-electron chi connectivity index (χ1n) is 18.9. The molecule has 3 fully saturated rings. The van der Waals surface area contributed by atoms with Gasteiger partial charge in [0.05, 0.1) is 19.1 Å². The lowest BCUT2D eigenvalue weighted by Gasteiger charge is -2.32. The number of H-pyrrole nitrogens is 1. The number of anilines is 1. The van der Waals surface area contributed by atoms with E-state index in [1.54, 1.807) is 4.90 Å². The Kier molecular flexibility index (Phi) is 10.2. The monoisotopic (exact) mass is 714 g/mol. The van der Waals surface area contributed by atoms with Crippen LogP contribution in [0, 0.1) is 0 Å². The molecule has 2 saturated heterocycles. The van der Waals surface area contributed by atoms with Crippen molar-refractivity contribution >= 4 is 29.4 Å². The number of nitrogens with one attached hydrogen (secondary N) is 3. The number of carbonyl (C=O) groups is 4. The van der Waals surface area contributed by atoms with E-state index in [2.05, 4.69) is 62.1 Å². The number of aromatic amines is 1. The van der Waals surface area contributed by atoms with Gasteiger partial charge in [0.15, 0.2) is 5.82 Å². The average molecular weight is 715 g/mol. The van der Waals surface area contributed by atoms with Crippen molar-refractivity contribution in [1.29, 1.82) is 0 Å². The molecule has 11 nitrogen and oxygen atoms in total. The Labute approximate surface area is 309 Å². The fourth-order valence-corrected chi connectivity index (χ4v) is 8.44. The summed E-state index contributed by atoms with van der Waals surface area (Å²) in [6, 6.07) is 26.0. The van der Waals surface area contributed by atoms with Gasteiger partial charge in [-0.2, -0.15) is 5.10 Å². The number of ether oxygens (including phenoxy) is 1. The van der Waals surface area contributed by atoms with E-state index in [-0.39, 0.29) is 42.6 Å². The van der Waals surface area contributed by atoms with E-state index >= 15 is 0 Å². The number of likely N-dealkylation sites (tertiary alicyclic amines) is 1. The molecule has 1 unspecified atom stereocenters. The van der Waals surface area contributed by atoms with E-state index < -0.39 is 6.04 Å². The zero-order valence-corrected chi connectivity index (χ0v) is 29.9. The fraction of sp³-hybridized carbons (Fsp3) is 0.405. The van der Waals surface area contributed by atoms with E-state index in [0.29, 0.717) is 42.8 Å². The Morgan fingerprint density at radius 2 is 1.64 bits per heavy atom. The quantitative estimate of drug-likeness (QED) is 0.173. The number of hydrogen-bond donors (Lipinski definition) is 3. The third-order valence-corrected chi connectivity index (χ3v) is 11.4. The van der Waals surface area contributed by atoms with Crippen molar-refractivity contribution in [3.05, 3.63) is 118 Å². The summed E-state index contributed by atoms with van der Waals surface area (Å²) in [5.41, 5.74) is 7.27. The second kappa shape index (κ2) is 15.5. The molecule has 1 aliphatic carbocycles. The number of fused-ring (bicyclic) bond motifs is 1. The minimum atomic E-state index is -0.594. The predicted molar refractivity (Wildman–Crippen MR) is 199 cm³/mol. The Morgan fingerprint density at radius 3 is 2.43 bits per heavy atom. The van der Waals surface area contributed by atoms with Crippen molar-refractivity contribution in [2.45, 2.75) is 95.0 Å². The summed E-state index contributed by atoms with van der Waals surface area (Å²) in [6.45, 7) is 3.83. The highest BCUT2D eigenvalue weighted by atomic mass is 16.5. The van der Waals surface area contributed by atoms with Crippen LogP contribution in [0.25, 0.3) is 0 Å². The highest BCUT2D eigenvalue weighted by Gasteiger charge is 2.39. The molecule has 0 spiro atoms. The smallest absolute Gasteiger partial charge is 0.255 e. The molecule has 3 N–H and O–H groups in total. The predicted octanol–water partition coefficient (Wildman–Crippen LogP) is 5.58. The number of aromatic nitrogens is 2. The van der Waals surface area contributed by atoms with E-state index in [0.717, 1.165) is 68.6 Å². The van der Waals surface area contributed by atoms with Crippen molar-refractivity contribution in [1.82, 2.24) is 25.3 Å². The lowest BCUT2D eigenvalue weighted by atomic mass is 9.87. The summed E-state index contributed by atoms with van der Waals surface area (Å²) < 4.78 is 6.16. The third-order valence-electron chi connectivity index (χ3n) is 11.4. The number of piperidine rings is 2. The zero-order valence-electron chi connectivity index (χ0n) is 29.9. The second-order valence-corrected chi connectivity index (χ2v) is 15.0. The van der Waals surface area contributed by atoms with Gasteiger partial charge in [-0.1, -0.05) is 66.7 Å². The van der Waals surface area contributed by atoms with Crippen LogP contribution >= 0.6 is 0 Å². The van der Waals surface area contributed by atoms with Crippen LogP contribution in [0.2, 0.25) is 0 Å². The molecule has 53 heavy (non-hydrogen) atoms. The SMILES string of the molecule is O=C1CCC(N2Cc3cc(C4CCN(Cc5ccc(CC(=O)Nc6cc([C@H]7CC[C@@H](OCc8ccccc8)C7)[nH]n6)cc5)CC4)ccc3C2=O)C(=O)N1. The van der Waals surface area contributed by atoms with E-state index in [9.17, 15) is 19.2 Å². The number of rotatable bonds is 11. The van der Waals surface area contributed by atoms with Crippen LogP contribution in [-0.2, 0) is 45.2 Å². The van der Waals surface area contributed by atoms with Crippen molar-refractivity contribution in [3.8, 4) is 0 Å². The fourth-order valence-electron chi connectivity index (χ4n) is 8.44. The van der Waals surface area contributed by atoms with Crippen LogP contribution in [0.4, 0.5) is 5.82 Å². The molecule has 3 aromatic carbocycles. The largest absolute Gasteiger partial charge is 0.374 e. The van der Waals surface area contributed by atoms with Gasteiger partial charge >= 0.3 is 0 Å². The van der Waals surface area contributed by atoms with Gasteiger partial charge in [-0.25, -0.2) is 0 Å². The normalized spacial score (nSPS) is 22.2. The van der Waals surface area contributed by atoms with Gasteiger partial charge in [0.25, 0.3) is 5.91 Å². The van der Waals surface area contributed by atoms with Gasteiger partial charge in [-0.15, -0.1) is 0 Å². The summed E-state index contributed by atoms with van der Waals surface area (Å²) in [5, 5.41) is 12.8. The molecule has 1 saturated carbocycles. The maximum Gasteiger partial charge on any atom is 0.255 e. The molecular weight excluding hydrogens is 668 g/mol. The molecule has 0 radical (unpaired) electrons. The van der Waals surface area contributed by atoms with Gasteiger partial charge in [-0.05, 0) is 91.4 Å². The first-order valence-corrected chi connectivity index (χ1v) is 18.9. The minimum Gasteiger partial charge on any atom is -0.374 e. The lowest BCUT2D eigenvalue weighted by molar-refractivity contribution is -0.137. The Morgan fingerprint density at radius 1 is 0.849 bits per heavy atom. The number of nitrogens with zero attached hydrogens (tertiary/aromatic N) is 3. The molecule has 4 amide bonds. The Balaban J connectivity index is 0.769. The molecule has 4 aromatic rings. The highest BCUT2D eigenvalue weighted by molar-refractivity contribution is 6.05. The van der Waals surface area contributed by atoms with E-state index in [1.807, 2.05) is 42.5 Å². The van der Waals surface area contributed by atoms with Gasteiger partial charge in [-0.3, -0.25) is 34.5 Å². The van der Waals surface area contributed by atoms with Crippen LogP contribution in [0.5, 0.6) is 0 Å². The first kappa shape index (κ1) is 34.9. The molecule has 4 heterocycles. The highest BCUT2D eigenvalue weighted by Crippen LogP contribution is 2.37. The number of imide groups is 1. The molecule has 11 heteroatoms. The number of carbonyl (C=O) groups excluding carboxylic acids is 4. The molecule has 8 rings (SSSR count). The van der Waals surface area contributed by atoms with Crippen molar-refractivity contribution in [2.24, 2.45) is 0 Å². The first-order chi connectivity index (χ1) is 25.8. The summed E-state index contributed by atoms with van der Waals surface area (Å²) in [7, 11) is 0. The molecule has 3 aliphatic heterocycles. The summed E-state index contributed by atoms with van der Waals surface area (Å²) >= 11 is 0. The number of hydrogen-bond acceptors (Lipinski definition) is 7. The molecule has 0 bridgehead atoms. The Bertz CT molecular complexity index is 1970. The van der Waals surface area contributed by atoms with E-state index in [4.69, 9.17) is 4.74 Å². The standard InChI is InChI=1S/C42H46N6O5/c49-39-15-14-37(41(51)44-39)48-25-33-21-31(11-13-35(33)42(48)52)30-16-18-47(19-17-30)24-28-8-6-27(7-9-28)20-40(50)43-38-23-36(45-46-38)32-10-12-34(22-32)53-26-29-4-2-1-3-5-29/h1-9,11,13,21,23,30,32,34,37H,10,12,14-20,22,24-26H2,(H,44,49,51)(H2,43,45,46,50)/t32-,34+,37?/m0/s1.